The number of piperazine rings is 1. The first kappa shape index (κ1) is 25.3. The summed E-state index contributed by atoms with van der Waals surface area (Å²) in [4.78, 5) is 32.1. The minimum atomic E-state index is -1.14. The quantitative estimate of drug-likeness (QED) is 0.353. The van der Waals surface area contributed by atoms with E-state index in [-0.39, 0.29) is 12.1 Å². The van der Waals surface area contributed by atoms with Crippen LogP contribution >= 0.6 is 0 Å². The molecule has 0 aliphatic carbocycles. The fraction of sp³-hybridized carbons (Fsp3) is 0.379. The van der Waals surface area contributed by atoms with Crippen LogP contribution in [0.25, 0.3) is 16.9 Å². The summed E-state index contributed by atoms with van der Waals surface area (Å²) in [6.45, 7) is 11.9. The van der Waals surface area contributed by atoms with Crippen molar-refractivity contribution in [3.8, 4) is 5.82 Å². The summed E-state index contributed by atoms with van der Waals surface area (Å²) in [5.74, 6) is 0.845. The van der Waals surface area contributed by atoms with E-state index in [9.17, 15) is 9.90 Å². The molecule has 2 aliphatic rings. The van der Waals surface area contributed by atoms with Crippen LogP contribution in [0.4, 0.5) is 17.3 Å². The van der Waals surface area contributed by atoms with Crippen molar-refractivity contribution < 1.29 is 5.11 Å². The second kappa shape index (κ2) is 9.94. The average molecular weight is 527 g/mol. The Morgan fingerprint density at radius 2 is 1.95 bits per heavy atom. The van der Waals surface area contributed by atoms with E-state index >= 15 is 0 Å². The molecule has 2 saturated heterocycles. The van der Waals surface area contributed by atoms with Gasteiger partial charge >= 0.3 is 0 Å². The lowest BCUT2D eigenvalue weighted by Gasteiger charge is -2.38. The minimum absolute atomic E-state index is 0.237. The van der Waals surface area contributed by atoms with Crippen molar-refractivity contribution in [2.45, 2.75) is 44.9 Å². The number of pyridine rings is 1. The van der Waals surface area contributed by atoms with Gasteiger partial charge in [-0.1, -0.05) is 12.1 Å². The summed E-state index contributed by atoms with van der Waals surface area (Å²) in [5.41, 5.74) is 1.61. The van der Waals surface area contributed by atoms with Crippen LogP contribution in [0.15, 0.2) is 66.1 Å². The van der Waals surface area contributed by atoms with Gasteiger partial charge in [0.2, 0.25) is 5.95 Å². The molecule has 0 radical (unpaired) electrons. The molecule has 2 aliphatic heterocycles. The highest BCUT2D eigenvalue weighted by molar-refractivity contribution is 5.77. The van der Waals surface area contributed by atoms with Gasteiger partial charge in [-0.2, -0.15) is 4.98 Å². The number of anilines is 3. The van der Waals surface area contributed by atoms with Crippen molar-refractivity contribution >= 4 is 28.4 Å². The van der Waals surface area contributed by atoms with Gasteiger partial charge in [0.05, 0.1) is 12.2 Å². The number of fused-ring (bicyclic) bond motifs is 2. The number of rotatable bonds is 7. The SMILES string of the molecule is C=CCn1c(=O)c2cnc(Nc3ccc(N4CCN5CCC[C@H]5C4)cc3)nc2n1-c1cccc(C(C)(C)O)n1. The van der Waals surface area contributed by atoms with Crippen molar-refractivity contribution in [3.05, 3.63) is 77.4 Å². The van der Waals surface area contributed by atoms with Gasteiger partial charge in [-0.05, 0) is 69.6 Å². The van der Waals surface area contributed by atoms with E-state index in [0.717, 1.165) is 25.3 Å². The summed E-state index contributed by atoms with van der Waals surface area (Å²) in [6, 6.07) is 14.3. The standard InChI is InChI=1S/C29H34N8O2/c1-4-14-36-27(38)23-18-30-28(33-26(23)37(36)25-9-5-8-24(32-25)29(2,3)39)31-20-10-12-21(13-11-20)35-17-16-34-15-6-7-22(34)19-35/h4-5,8-13,18,22,39H,1,6-7,14-17,19H2,2-3H3,(H,30,31,33)/t22-/m0/s1. The topological polar surface area (TPSA) is 104 Å². The zero-order valence-electron chi connectivity index (χ0n) is 22.4. The molecule has 39 heavy (non-hydrogen) atoms. The molecule has 1 aromatic carbocycles. The Kier molecular flexibility index (Phi) is 6.44. The molecule has 10 heteroatoms. The van der Waals surface area contributed by atoms with Gasteiger partial charge in [-0.15, -0.1) is 6.58 Å². The molecule has 2 fully saturated rings. The number of aliphatic hydroxyl groups is 1. The molecule has 0 unspecified atom stereocenters. The average Bonchev–Trinajstić information content (AvgIpc) is 3.51. The maximum absolute atomic E-state index is 13.2. The summed E-state index contributed by atoms with van der Waals surface area (Å²) in [5, 5.41) is 14.2. The zero-order valence-corrected chi connectivity index (χ0v) is 22.4. The molecule has 0 saturated carbocycles. The van der Waals surface area contributed by atoms with Gasteiger partial charge in [-0.3, -0.25) is 9.69 Å². The van der Waals surface area contributed by atoms with E-state index in [2.05, 4.69) is 43.8 Å². The van der Waals surface area contributed by atoms with E-state index in [1.807, 2.05) is 12.1 Å². The number of allylic oxidation sites excluding steroid dienone is 1. The largest absolute Gasteiger partial charge is 0.384 e. The third-order valence-electron chi connectivity index (χ3n) is 7.63. The van der Waals surface area contributed by atoms with Crippen LogP contribution in [0.3, 0.4) is 0 Å². The lowest BCUT2D eigenvalue weighted by molar-refractivity contribution is 0.0738. The van der Waals surface area contributed by atoms with Crippen LogP contribution in [-0.2, 0) is 12.1 Å². The summed E-state index contributed by atoms with van der Waals surface area (Å²) in [6.07, 6.45) is 5.78. The fourth-order valence-corrected chi connectivity index (χ4v) is 5.60. The number of hydrogen-bond acceptors (Lipinski definition) is 8. The van der Waals surface area contributed by atoms with E-state index in [0.29, 0.717) is 34.5 Å². The van der Waals surface area contributed by atoms with Crippen molar-refractivity contribution in [1.29, 1.82) is 0 Å². The number of nitrogens with one attached hydrogen (secondary N) is 1. The van der Waals surface area contributed by atoms with Gasteiger partial charge in [-0.25, -0.2) is 19.3 Å². The molecular weight excluding hydrogens is 492 g/mol. The minimum Gasteiger partial charge on any atom is -0.384 e. The molecule has 6 rings (SSSR count). The molecule has 2 N–H and O–H groups in total. The number of hydrogen-bond donors (Lipinski definition) is 2. The molecule has 0 spiro atoms. The van der Waals surface area contributed by atoms with Crippen LogP contribution < -0.4 is 15.8 Å². The molecule has 0 bridgehead atoms. The molecule has 10 nitrogen and oxygen atoms in total. The van der Waals surface area contributed by atoms with Crippen molar-refractivity contribution in [3.63, 3.8) is 0 Å². The number of benzene rings is 1. The van der Waals surface area contributed by atoms with Crippen LogP contribution in [-0.4, -0.2) is 66.5 Å². The Morgan fingerprint density at radius 1 is 1.13 bits per heavy atom. The molecule has 202 valence electrons. The van der Waals surface area contributed by atoms with Crippen LogP contribution in [0, 0.1) is 0 Å². The first-order valence-electron chi connectivity index (χ1n) is 13.5. The van der Waals surface area contributed by atoms with E-state index < -0.39 is 5.60 Å². The highest BCUT2D eigenvalue weighted by Gasteiger charge is 2.30. The third kappa shape index (κ3) is 4.81. The Balaban J connectivity index is 1.31. The van der Waals surface area contributed by atoms with Crippen LogP contribution in [0.5, 0.6) is 0 Å². The molecule has 5 heterocycles. The Morgan fingerprint density at radius 3 is 2.72 bits per heavy atom. The second-order valence-corrected chi connectivity index (χ2v) is 10.8. The highest BCUT2D eigenvalue weighted by Crippen LogP contribution is 2.27. The van der Waals surface area contributed by atoms with Gasteiger partial charge in [0.15, 0.2) is 11.5 Å². The lowest BCUT2D eigenvalue weighted by Crippen LogP contribution is -2.50. The Bertz CT molecular complexity index is 1570. The maximum atomic E-state index is 13.2. The Hall–Kier alpha value is -4.02. The van der Waals surface area contributed by atoms with E-state index in [1.54, 1.807) is 49.0 Å². The Labute approximate surface area is 227 Å². The maximum Gasteiger partial charge on any atom is 0.278 e. The summed E-state index contributed by atoms with van der Waals surface area (Å²) >= 11 is 0. The second-order valence-electron chi connectivity index (χ2n) is 10.8. The van der Waals surface area contributed by atoms with Crippen molar-refractivity contribution in [2.75, 3.05) is 36.4 Å². The van der Waals surface area contributed by atoms with E-state index in [4.69, 9.17) is 4.98 Å². The molecular formula is C29H34N8O2. The summed E-state index contributed by atoms with van der Waals surface area (Å²) < 4.78 is 3.18. The van der Waals surface area contributed by atoms with Gasteiger partial charge in [0.25, 0.3) is 5.56 Å². The van der Waals surface area contributed by atoms with E-state index in [1.165, 1.54) is 29.8 Å². The normalized spacial score (nSPS) is 17.9. The number of nitrogens with zero attached hydrogens (tertiary/aromatic N) is 7. The predicted octanol–water partition coefficient (Wildman–Crippen LogP) is 3.42. The predicted molar refractivity (Wildman–Crippen MR) is 153 cm³/mol. The van der Waals surface area contributed by atoms with Crippen LogP contribution in [0.2, 0.25) is 0 Å². The van der Waals surface area contributed by atoms with Crippen molar-refractivity contribution in [1.82, 2.24) is 29.2 Å². The van der Waals surface area contributed by atoms with Crippen LogP contribution in [0.1, 0.15) is 32.4 Å². The first-order valence-corrected chi connectivity index (χ1v) is 13.5. The zero-order chi connectivity index (χ0) is 27.1. The smallest absolute Gasteiger partial charge is 0.278 e. The first-order chi connectivity index (χ1) is 18.8. The van der Waals surface area contributed by atoms with Crippen molar-refractivity contribution in [2.24, 2.45) is 0 Å². The summed E-state index contributed by atoms with van der Waals surface area (Å²) in [7, 11) is 0. The fourth-order valence-electron chi connectivity index (χ4n) is 5.60. The molecule has 1 atom stereocenters. The molecule has 0 amide bonds. The third-order valence-corrected chi connectivity index (χ3v) is 7.63. The molecule has 4 aromatic rings. The van der Waals surface area contributed by atoms with Gasteiger partial charge in [0, 0.05) is 43.2 Å². The molecule has 3 aromatic heterocycles. The number of aromatic nitrogens is 5. The monoisotopic (exact) mass is 526 g/mol. The lowest BCUT2D eigenvalue weighted by atomic mass is 10.1. The highest BCUT2D eigenvalue weighted by atomic mass is 16.3. The van der Waals surface area contributed by atoms with Gasteiger partial charge < -0.3 is 15.3 Å². The van der Waals surface area contributed by atoms with Gasteiger partial charge in [0.1, 0.15) is 11.0 Å².